The molecule has 1 saturated heterocycles. The average Bonchev–Trinajstić information content (AvgIpc) is 2.76. The summed E-state index contributed by atoms with van der Waals surface area (Å²) in [7, 11) is 0. The summed E-state index contributed by atoms with van der Waals surface area (Å²) in [4.78, 5) is 40.7. The van der Waals surface area contributed by atoms with Crippen LogP contribution in [0.2, 0.25) is 0 Å². The van der Waals surface area contributed by atoms with E-state index in [1.54, 1.807) is 0 Å². The first-order valence-electron chi connectivity index (χ1n) is 10.5. The Morgan fingerprint density at radius 3 is 2.32 bits per heavy atom. The van der Waals surface area contributed by atoms with Gasteiger partial charge in [0.25, 0.3) is 0 Å². The second-order valence-electron chi connectivity index (χ2n) is 8.78. The van der Waals surface area contributed by atoms with E-state index in [-0.39, 0.29) is 50.3 Å². The number of nitrogens with one attached hydrogen (secondary N) is 1. The number of nitrogens with zero attached hydrogens (tertiary/aromatic N) is 2. The summed E-state index contributed by atoms with van der Waals surface area (Å²) in [5.41, 5.74) is 1.12. The van der Waals surface area contributed by atoms with Crippen molar-refractivity contribution in [1.82, 2.24) is 15.1 Å². The van der Waals surface area contributed by atoms with Gasteiger partial charge in [0.1, 0.15) is 6.42 Å². The van der Waals surface area contributed by atoms with Crippen LogP contribution >= 0.6 is 0 Å². The number of alkyl halides is 3. The summed E-state index contributed by atoms with van der Waals surface area (Å²) in [6.45, 7) is 4.09. The number of halogens is 3. The van der Waals surface area contributed by atoms with E-state index in [1.807, 2.05) is 38.1 Å². The van der Waals surface area contributed by atoms with E-state index < -0.39 is 23.9 Å². The van der Waals surface area contributed by atoms with Crippen molar-refractivity contribution in [3.63, 3.8) is 0 Å². The van der Waals surface area contributed by atoms with Crippen molar-refractivity contribution >= 4 is 17.7 Å². The first-order chi connectivity index (χ1) is 14.5. The molecule has 170 valence electrons. The third-order valence-corrected chi connectivity index (χ3v) is 5.96. The second-order valence-corrected chi connectivity index (χ2v) is 8.78. The molecule has 3 amide bonds. The lowest BCUT2D eigenvalue weighted by molar-refractivity contribution is -0.165. The lowest BCUT2D eigenvalue weighted by atomic mass is 9.73. The lowest BCUT2D eigenvalue weighted by Crippen LogP contribution is -2.53. The molecule has 0 aliphatic carbocycles. The van der Waals surface area contributed by atoms with Crippen LogP contribution in [0.5, 0.6) is 0 Å². The first-order valence-corrected chi connectivity index (χ1v) is 10.5. The van der Waals surface area contributed by atoms with Crippen LogP contribution in [0.3, 0.4) is 0 Å². The molecule has 2 aliphatic heterocycles. The Hall–Kier alpha value is -2.58. The van der Waals surface area contributed by atoms with E-state index in [4.69, 9.17) is 0 Å². The summed E-state index contributed by atoms with van der Waals surface area (Å²) < 4.78 is 37.8. The van der Waals surface area contributed by atoms with Crippen LogP contribution in [0.25, 0.3) is 0 Å². The van der Waals surface area contributed by atoms with Gasteiger partial charge in [0.05, 0.1) is 12.0 Å². The fourth-order valence-electron chi connectivity index (χ4n) is 4.46. The average molecular weight is 439 g/mol. The summed E-state index contributed by atoms with van der Waals surface area (Å²) in [5, 5.41) is 2.80. The zero-order valence-corrected chi connectivity index (χ0v) is 17.8. The molecule has 2 aliphatic rings. The van der Waals surface area contributed by atoms with Crippen molar-refractivity contribution in [3.8, 4) is 0 Å². The number of hydrogen-bond donors (Lipinski definition) is 1. The van der Waals surface area contributed by atoms with Gasteiger partial charge in [-0.3, -0.25) is 14.4 Å². The van der Waals surface area contributed by atoms with Crippen LogP contribution in [0.15, 0.2) is 24.3 Å². The van der Waals surface area contributed by atoms with Gasteiger partial charge >= 0.3 is 6.18 Å². The molecule has 0 atom stereocenters. The van der Waals surface area contributed by atoms with Gasteiger partial charge in [0, 0.05) is 25.7 Å². The standard InChI is InChI=1S/C22H28F3N3O3/c1-15(2)26-18(29)14-28-13-17-6-4-3-5-16(17)11-21(20(28)31)7-9-27(10-8-21)19(30)12-22(23,24)25/h3-6,15H,7-14H2,1-2H3,(H,26,29). The molecule has 0 aromatic heterocycles. The van der Waals surface area contributed by atoms with Crippen molar-refractivity contribution in [3.05, 3.63) is 35.4 Å². The highest BCUT2D eigenvalue weighted by Crippen LogP contribution is 2.41. The van der Waals surface area contributed by atoms with E-state index in [1.165, 1.54) is 9.80 Å². The molecule has 1 N–H and O–H groups in total. The van der Waals surface area contributed by atoms with Crippen molar-refractivity contribution in [1.29, 1.82) is 0 Å². The Morgan fingerprint density at radius 2 is 1.74 bits per heavy atom. The highest BCUT2D eigenvalue weighted by Gasteiger charge is 2.47. The van der Waals surface area contributed by atoms with Gasteiger partial charge in [-0.2, -0.15) is 13.2 Å². The van der Waals surface area contributed by atoms with Crippen molar-refractivity contribution in [2.45, 2.75) is 58.3 Å². The smallest absolute Gasteiger partial charge is 0.352 e. The predicted octanol–water partition coefficient (Wildman–Crippen LogP) is 2.66. The quantitative estimate of drug-likeness (QED) is 0.784. The fraction of sp³-hybridized carbons (Fsp3) is 0.591. The molecule has 1 aromatic carbocycles. The van der Waals surface area contributed by atoms with E-state index in [9.17, 15) is 27.6 Å². The molecule has 1 aromatic rings. The minimum Gasteiger partial charge on any atom is -0.352 e. The second kappa shape index (κ2) is 8.88. The zero-order valence-electron chi connectivity index (χ0n) is 17.8. The maximum Gasteiger partial charge on any atom is 0.397 e. The number of benzene rings is 1. The minimum atomic E-state index is -4.55. The number of fused-ring (bicyclic) bond motifs is 1. The minimum absolute atomic E-state index is 0.0567. The summed E-state index contributed by atoms with van der Waals surface area (Å²) in [5.74, 6) is -1.39. The number of carbonyl (C=O) groups excluding carboxylic acids is 3. The van der Waals surface area contributed by atoms with Crippen LogP contribution in [0.1, 0.15) is 44.2 Å². The van der Waals surface area contributed by atoms with Crippen molar-refractivity contribution in [2.75, 3.05) is 19.6 Å². The largest absolute Gasteiger partial charge is 0.397 e. The third-order valence-electron chi connectivity index (χ3n) is 5.96. The Balaban J connectivity index is 1.81. The van der Waals surface area contributed by atoms with Crippen LogP contribution < -0.4 is 5.32 Å². The maximum atomic E-state index is 13.6. The summed E-state index contributed by atoms with van der Waals surface area (Å²) in [6, 6.07) is 7.59. The number of rotatable bonds is 4. The number of piperidine rings is 1. The van der Waals surface area contributed by atoms with Gasteiger partial charge in [0.15, 0.2) is 0 Å². The van der Waals surface area contributed by atoms with Crippen LogP contribution in [0.4, 0.5) is 13.2 Å². The highest BCUT2D eigenvalue weighted by molar-refractivity contribution is 5.89. The van der Waals surface area contributed by atoms with Crippen LogP contribution in [-0.4, -0.2) is 59.4 Å². The third kappa shape index (κ3) is 5.57. The summed E-state index contributed by atoms with van der Waals surface area (Å²) in [6.07, 6.45) is -5.05. The molecule has 6 nitrogen and oxygen atoms in total. The van der Waals surface area contributed by atoms with E-state index in [0.29, 0.717) is 13.0 Å². The molecule has 0 unspecified atom stereocenters. The molecule has 0 saturated carbocycles. The number of amides is 3. The van der Waals surface area contributed by atoms with Gasteiger partial charge in [-0.05, 0) is 44.2 Å². The highest BCUT2D eigenvalue weighted by atomic mass is 19.4. The van der Waals surface area contributed by atoms with Gasteiger partial charge in [-0.25, -0.2) is 0 Å². The molecule has 0 bridgehead atoms. The van der Waals surface area contributed by atoms with E-state index >= 15 is 0 Å². The molecule has 2 heterocycles. The number of likely N-dealkylation sites (tertiary alicyclic amines) is 1. The topological polar surface area (TPSA) is 69.7 Å². The van der Waals surface area contributed by atoms with Gasteiger partial charge < -0.3 is 15.1 Å². The molecule has 0 radical (unpaired) electrons. The van der Waals surface area contributed by atoms with Crippen LogP contribution in [0, 0.1) is 5.41 Å². The number of hydrogen-bond acceptors (Lipinski definition) is 3. The van der Waals surface area contributed by atoms with Gasteiger partial charge in [-0.1, -0.05) is 24.3 Å². The first kappa shape index (κ1) is 23.1. The molecular weight excluding hydrogens is 411 g/mol. The van der Waals surface area contributed by atoms with Crippen LogP contribution in [-0.2, 0) is 27.3 Å². The van der Waals surface area contributed by atoms with E-state index in [0.717, 1.165) is 11.1 Å². The Labute approximate surface area is 179 Å². The Kier molecular flexibility index (Phi) is 6.62. The van der Waals surface area contributed by atoms with Crippen molar-refractivity contribution < 1.29 is 27.6 Å². The van der Waals surface area contributed by atoms with Crippen molar-refractivity contribution in [2.24, 2.45) is 5.41 Å². The molecule has 1 spiro atoms. The molecule has 1 fully saturated rings. The molecule has 31 heavy (non-hydrogen) atoms. The van der Waals surface area contributed by atoms with E-state index in [2.05, 4.69) is 5.32 Å². The van der Waals surface area contributed by atoms with Gasteiger partial charge in [-0.15, -0.1) is 0 Å². The Morgan fingerprint density at radius 1 is 1.13 bits per heavy atom. The fourth-order valence-corrected chi connectivity index (χ4v) is 4.46. The Bertz CT molecular complexity index is 846. The lowest BCUT2D eigenvalue weighted by Gasteiger charge is -2.42. The molecular formula is C22H28F3N3O3. The number of carbonyl (C=O) groups is 3. The zero-order chi connectivity index (χ0) is 22.8. The monoisotopic (exact) mass is 439 g/mol. The van der Waals surface area contributed by atoms with Gasteiger partial charge in [0.2, 0.25) is 17.7 Å². The molecule has 3 rings (SSSR count). The SMILES string of the molecule is CC(C)NC(=O)CN1Cc2ccccc2CC2(CCN(C(=O)CC(F)(F)F)CC2)C1=O. The maximum absolute atomic E-state index is 13.6. The molecule has 9 heteroatoms. The normalized spacial score (nSPS) is 18.7. The predicted molar refractivity (Wildman–Crippen MR) is 108 cm³/mol. The summed E-state index contributed by atoms with van der Waals surface area (Å²) >= 11 is 0.